The van der Waals surface area contributed by atoms with Crippen molar-refractivity contribution in [3.05, 3.63) is 34.4 Å². The van der Waals surface area contributed by atoms with E-state index in [9.17, 15) is 0 Å². The summed E-state index contributed by atoms with van der Waals surface area (Å²) in [6.07, 6.45) is 0. The van der Waals surface area contributed by atoms with Crippen LogP contribution in [0.1, 0.15) is 42.1 Å². The Morgan fingerprint density at radius 2 is 1.61 bits per heavy atom. The molecule has 2 nitrogen and oxygen atoms in total. The molecule has 0 bridgehead atoms. The van der Waals surface area contributed by atoms with Crippen molar-refractivity contribution in [2.75, 3.05) is 20.1 Å². The lowest BCUT2D eigenvalue weighted by atomic mass is 9.94. The minimum Gasteiger partial charge on any atom is -0.329 e. The third-order valence-electron chi connectivity index (χ3n) is 3.65. The van der Waals surface area contributed by atoms with E-state index in [-0.39, 0.29) is 0 Å². The van der Waals surface area contributed by atoms with Gasteiger partial charge in [0.2, 0.25) is 0 Å². The van der Waals surface area contributed by atoms with Gasteiger partial charge >= 0.3 is 0 Å². The highest BCUT2D eigenvalue weighted by Crippen LogP contribution is 2.25. The second kappa shape index (κ2) is 6.35. The molecule has 0 aromatic heterocycles. The molecule has 102 valence electrons. The van der Waals surface area contributed by atoms with Crippen LogP contribution in [0.25, 0.3) is 0 Å². The monoisotopic (exact) mass is 248 g/mol. The van der Waals surface area contributed by atoms with Gasteiger partial charge in [0.1, 0.15) is 0 Å². The molecule has 1 atom stereocenters. The molecule has 1 unspecified atom stereocenters. The van der Waals surface area contributed by atoms with Gasteiger partial charge in [-0.3, -0.25) is 4.90 Å². The van der Waals surface area contributed by atoms with Crippen molar-refractivity contribution >= 4 is 0 Å². The van der Waals surface area contributed by atoms with Crippen LogP contribution in [0.2, 0.25) is 0 Å². The fraction of sp³-hybridized carbons (Fsp3) is 0.625. The third kappa shape index (κ3) is 3.56. The number of benzene rings is 1. The van der Waals surface area contributed by atoms with Crippen LogP contribution in [0, 0.1) is 26.7 Å². The van der Waals surface area contributed by atoms with Crippen molar-refractivity contribution in [1.29, 1.82) is 0 Å². The summed E-state index contributed by atoms with van der Waals surface area (Å²) < 4.78 is 0. The van der Waals surface area contributed by atoms with Crippen molar-refractivity contribution in [2.45, 2.75) is 40.7 Å². The normalized spacial score (nSPS) is 13.4. The molecule has 1 rings (SSSR count). The van der Waals surface area contributed by atoms with Gasteiger partial charge in [-0.25, -0.2) is 0 Å². The van der Waals surface area contributed by atoms with Crippen molar-refractivity contribution in [1.82, 2.24) is 4.90 Å². The fourth-order valence-electron chi connectivity index (χ4n) is 2.59. The Labute approximate surface area is 112 Å². The van der Waals surface area contributed by atoms with Gasteiger partial charge in [0.25, 0.3) is 0 Å². The van der Waals surface area contributed by atoms with Crippen LogP contribution in [-0.4, -0.2) is 25.0 Å². The van der Waals surface area contributed by atoms with E-state index in [0.717, 1.165) is 6.54 Å². The highest BCUT2D eigenvalue weighted by molar-refractivity contribution is 5.38. The van der Waals surface area contributed by atoms with Crippen molar-refractivity contribution in [3.63, 3.8) is 0 Å². The Balaban J connectivity index is 3.05. The number of hydrogen-bond acceptors (Lipinski definition) is 2. The summed E-state index contributed by atoms with van der Waals surface area (Å²) in [6.45, 7) is 12.8. The van der Waals surface area contributed by atoms with Gasteiger partial charge in [-0.05, 0) is 56.0 Å². The SMILES string of the molecule is Cc1cc(C)c(C(CN)N(C)CC(C)C)cc1C. The minimum absolute atomic E-state index is 0.326. The summed E-state index contributed by atoms with van der Waals surface area (Å²) in [5.41, 5.74) is 11.4. The first-order valence-electron chi connectivity index (χ1n) is 6.84. The maximum atomic E-state index is 6.00. The highest BCUT2D eigenvalue weighted by atomic mass is 15.1. The molecule has 0 aliphatic carbocycles. The Kier molecular flexibility index (Phi) is 5.36. The second-order valence-corrected chi connectivity index (χ2v) is 5.88. The number of aryl methyl sites for hydroxylation is 3. The summed E-state index contributed by atoms with van der Waals surface area (Å²) in [6, 6.07) is 4.90. The molecular weight excluding hydrogens is 220 g/mol. The molecule has 0 radical (unpaired) electrons. The number of rotatable bonds is 5. The number of nitrogens with zero attached hydrogens (tertiary/aromatic N) is 1. The number of likely N-dealkylation sites (N-methyl/N-ethyl adjacent to an activating group) is 1. The zero-order chi connectivity index (χ0) is 13.9. The summed E-state index contributed by atoms with van der Waals surface area (Å²) in [7, 11) is 2.17. The minimum atomic E-state index is 0.326. The van der Waals surface area contributed by atoms with Crippen molar-refractivity contribution < 1.29 is 0 Å². The predicted octanol–water partition coefficient (Wildman–Crippen LogP) is 3.20. The standard InChI is InChI=1S/C16H28N2/c1-11(2)10-18(6)16(9-17)15-8-13(4)12(3)7-14(15)5/h7-8,11,16H,9-10,17H2,1-6H3. The molecule has 1 aromatic carbocycles. The zero-order valence-electron chi connectivity index (χ0n) is 12.7. The van der Waals surface area contributed by atoms with Gasteiger partial charge in [-0.2, -0.15) is 0 Å². The van der Waals surface area contributed by atoms with Crippen LogP contribution in [0.5, 0.6) is 0 Å². The van der Waals surface area contributed by atoms with E-state index in [4.69, 9.17) is 5.73 Å². The molecule has 2 N–H and O–H groups in total. The van der Waals surface area contributed by atoms with Gasteiger partial charge in [0.15, 0.2) is 0 Å². The molecule has 0 aliphatic heterocycles. The average Bonchev–Trinajstić information content (AvgIpc) is 2.25. The largest absolute Gasteiger partial charge is 0.329 e. The van der Waals surface area contributed by atoms with E-state index in [1.807, 2.05) is 0 Å². The first-order chi connectivity index (χ1) is 8.36. The first kappa shape index (κ1) is 15.2. The Morgan fingerprint density at radius 1 is 1.06 bits per heavy atom. The molecule has 2 heteroatoms. The average molecular weight is 248 g/mol. The van der Waals surface area contributed by atoms with Gasteiger partial charge in [0, 0.05) is 19.1 Å². The lowest BCUT2D eigenvalue weighted by Crippen LogP contribution is -2.33. The molecule has 0 heterocycles. The summed E-state index contributed by atoms with van der Waals surface area (Å²) >= 11 is 0. The quantitative estimate of drug-likeness (QED) is 0.867. The Hall–Kier alpha value is -0.860. The van der Waals surface area contributed by atoms with Gasteiger partial charge in [0.05, 0.1) is 0 Å². The van der Waals surface area contributed by atoms with E-state index in [2.05, 4.69) is 58.7 Å². The Morgan fingerprint density at radius 3 is 2.11 bits per heavy atom. The Bertz CT molecular complexity index is 396. The third-order valence-corrected chi connectivity index (χ3v) is 3.65. The smallest absolute Gasteiger partial charge is 0.0470 e. The zero-order valence-corrected chi connectivity index (χ0v) is 12.7. The molecular formula is C16H28N2. The van der Waals surface area contributed by atoms with Crippen LogP contribution >= 0.6 is 0 Å². The maximum Gasteiger partial charge on any atom is 0.0470 e. The van der Waals surface area contributed by atoms with E-state index in [0.29, 0.717) is 18.5 Å². The van der Waals surface area contributed by atoms with Crippen LogP contribution in [-0.2, 0) is 0 Å². The van der Waals surface area contributed by atoms with Crippen LogP contribution < -0.4 is 5.73 Å². The lowest BCUT2D eigenvalue weighted by Gasteiger charge is -2.30. The van der Waals surface area contributed by atoms with E-state index in [1.165, 1.54) is 22.3 Å². The fourth-order valence-corrected chi connectivity index (χ4v) is 2.59. The molecule has 1 aromatic rings. The van der Waals surface area contributed by atoms with Crippen molar-refractivity contribution in [2.24, 2.45) is 11.7 Å². The number of nitrogens with two attached hydrogens (primary N) is 1. The molecule has 0 spiro atoms. The summed E-state index contributed by atoms with van der Waals surface area (Å²) in [5, 5.41) is 0. The molecule has 18 heavy (non-hydrogen) atoms. The van der Waals surface area contributed by atoms with Gasteiger partial charge in [-0.1, -0.05) is 26.0 Å². The summed E-state index contributed by atoms with van der Waals surface area (Å²) in [5.74, 6) is 0.663. The molecule has 0 saturated carbocycles. The molecule has 0 aliphatic rings. The van der Waals surface area contributed by atoms with E-state index in [1.54, 1.807) is 0 Å². The molecule has 0 fully saturated rings. The van der Waals surface area contributed by atoms with Crippen LogP contribution in [0.15, 0.2) is 12.1 Å². The number of hydrogen-bond donors (Lipinski definition) is 1. The summed E-state index contributed by atoms with van der Waals surface area (Å²) in [4.78, 5) is 2.38. The maximum absolute atomic E-state index is 6.00. The highest BCUT2D eigenvalue weighted by Gasteiger charge is 2.18. The van der Waals surface area contributed by atoms with Crippen molar-refractivity contribution in [3.8, 4) is 0 Å². The van der Waals surface area contributed by atoms with Gasteiger partial charge < -0.3 is 5.73 Å². The van der Waals surface area contributed by atoms with Gasteiger partial charge in [-0.15, -0.1) is 0 Å². The first-order valence-corrected chi connectivity index (χ1v) is 6.84. The van der Waals surface area contributed by atoms with E-state index < -0.39 is 0 Å². The van der Waals surface area contributed by atoms with E-state index >= 15 is 0 Å². The predicted molar refractivity (Wildman–Crippen MR) is 79.9 cm³/mol. The van der Waals surface area contributed by atoms with Crippen LogP contribution in [0.4, 0.5) is 0 Å². The lowest BCUT2D eigenvalue weighted by molar-refractivity contribution is 0.223. The molecule has 0 amide bonds. The van der Waals surface area contributed by atoms with Crippen LogP contribution in [0.3, 0.4) is 0 Å². The molecule has 0 saturated heterocycles. The second-order valence-electron chi connectivity index (χ2n) is 5.88. The topological polar surface area (TPSA) is 29.3 Å².